The van der Waals surface area contributed by atoms with E-state index in [-0.39, 0.29) is 5.60 Å². The lowest BCUT2D eigenvalue weighted by atomic mass is 9.91. The predicted molar refractivity (Wildman–Crippen MR) is 55.9 cm³/mol. The van der Waals surface area contributed by atoms with Crippen molar-refractivity contribution in [2.45, 2.75) is 51.0 Å². The fourth-order valence-electron chi connectivity index (χ4n) is 1.78. The first-order chi connectivity index (χ1) is 5.83. The van der Waals surface area contributed by atoms with Crippen molar-refractivity contribution in [2.24, 2.45) is 0 Å². The Bertz CT molecular complexity index is 119. The number of hydrogen-bond acceptors (Lipinski definition) is 1. The van der Waals surface area contributed by atoms with Gasteiger partial charge in [-0.05, 0) is 25.7 Å². The van der Waals surface area contributed by atoms with Crippen molar-refractivity contribution in [3.63, 3.8) is 0 Å². The van der Waals surface area contributed by atoms with Gasteiger partial charge >= 0.3 is 0 Å². The zero-order valence-corrected chi connectivity index (χ0v) is 9.53. The van der Waals surface area contributed by atoms with Gasteiger partial charge in [-0.2, -0.15) is 0 Å². The molecule has 1 fully saturated rings. The molecular formula is C10H19BrO. The van der Waals surface area contributed by atoms with E-state index in [1.165, 1.54) is 38.5 Å². The smallest absolute Gasteiger partial charge is 0.0778 e. The highest BCUT2D eigenvalue weighted by atomic mass is 79.9. The van der Waals surface area contributed by atoms with Crippen molar-refractivity contribution < 1.29 is 4.74 Å². The molecule has 0 N–H and O–H groups in total. The Morgan fingerprint density at radius 1 is 1.42 bits per heavy atom. The van der Waals surface area contributed by atoms with Crippen LogP contribution in [0.3, 0.4) is 0 Å². The highest BCUT2D eigenvalue weighted by Gasteiger charge is 2.30. The SMILES string of the molecule is CCCCC1(CBr)CCCCO1. The molecule has 1 aliphatic heterocycles. The van der Waals surface area contributed by atoms with Crippen molar-refractivity contribution in [1.29, 1.82) is 0 Å². The van der Waals surface area contributed by atoms with Crippen molar-refractivity contribution in [3.8, 4) is 0 Å². The maximum Gasteiger partial charge on any atom is 0.0778 e. The molecule has 0 aromatic carbocycles. The molecule has 0 aliphatic carbocycles. The minimum Gasteiger partial charge on any atom is -0.374 e. The van der Waals surface area contributed by atoms with Crippen LogP contribution in [0.15, 0.2) is 0 Å². The number of rotatable bonds is 4. The van der Waals surface area contributed by atoms with Gasteiger partial charge in [0.2, 0.25) is 0 Å². The number of halogens is 1. The second-order valence-corrected chi connectivity index (χ2v) is 4.29. The summed E-state index contributed by atoms with van der Waals surface area (Å²) < 4.78 is 5.87. The van der Waals surface area contributed by atoms with Crippen LogP contribution in [-0.4, -0.2) is 17.5 Å². The van der Waals surface area contributed by atoms with E-state index in [0.29, 0.717) is 0 Å². The highest BCUT2D eigenvalue weighted by molar-refractivity contribution is 9.09. The summed E-state index contributed by atoms with van der Waals surface area (Å²) in [6, 6.07) is 0. The Labute approximate surface area is 84.0 Å². The van der Waals surface area contributed by atoms with Gasteiger partial charge in [-0.3, -0.25) is 0 Å². The maximum absolute atomic E-state index is 5.87. The molecule has 1 rings (SSSR count). The topological polar surface area (TPSA) is 9.23 Å². The minimum absolute atomic E-state index is 0.189. The van der Waals surface area contributed by atoms with E-state index < -0.39 is 0 Å². The van der Waals surface area contributed by atoms with E-state index in [1.54, 1.807) is 0 Å². The summed E-state index contributed by atoms with van der Waals surface area (Å²) >= 11 is 3.57. The molecule has 72 valence electrons. The first kappa shape index (κ1) is 10.5. The zero-order valence-electron chi connectivity index (χ0n) is 7.94. The van der Waals surface area contributed by atoms with Crippen LogP contribution in [-0.2, 0) is 4.74 Å². The van der Waals surface area contributed by atoms with Gasteiger partial charge in [0.1, 0.15) is 0 Å². The molecule has 0 saturated carbocycles. The van der Waals surface area contributed by atoms with Crippen molar-refractivity contribution in [3.05, 3.63) is 0 Å². The van der Waals surface area contributed by atoms with Crippen LogP contribution in [0.2, 0.25) is 0 Å². The number of hydrogen-bond donors (Lipinski definition) is 0. The van der Waals surface area contributed by atoms with Gasteiger partial charge < -0.3 is 4.74 Å². The largest absolute Gasteiger partial charge is 0.374 e. The molecule has 0 radical (unpaired) electrons. The first-order valence-electron chi connectivity index (χ1n) is 5.03. The third-order valence-electron chi connectivity index (χ3n) is 2.66. The monoisotopic (exact) mass is 234 g/mol. The Kier molecular flexibility index (Phi) is 4.59. The summed E-state index contributed by atoms with van der Waals surface area (Å²) in [6.07, 6.45) is 7.65. The maximum atomic E-state index is 5.87. The van der Waals surface area contributed by atoms with Crippen LogP contribution in [0.25, 0.3) is 0 Å². The molecule has 1 unspecified atom stereocenters. The molecule has 1 heterocycles. The zero-order chi connectivity index (χ0) is 8.86. The van der Waals surface area contributed by atoms with E-state index in [2.05, 4.69) is 22.9 Å². The Morgan fingerprint density at radius 3 is 2.75 bits per heavy atom. The lowest BCUT2D eigenvalue weighted by Gasteiger charge is -2.36. The molecule has 0 aromatic rings. The minimum atomic E-state index is 0.189. The number of ether oxygens (including phenoxy) is 1. The summed E-state index contributed by atoms with van der Waals surface area (Å²) in [5.74, 6) is 0. The normalized spacial score (nSPS) is 30.5. The van der Waals surface area contributed by atoms with Crippen LogP contribution in [0.5, 0.6) is 0 Å². The van der Waals surface area contributed by atoms with Gasteiger partial charge in [0.25, 0.3) is 0 Å². The lowest BCUT2D eigenvalue weighted by molar-refractivity contribution is -0.0666. The molecule has 0 bridgehead atoms. The van der Waals surface area contributed by atoms with Crippen LogP contribution in [0.1, 0.15) is 45.4 Å². The van der Waals surface area contributed by atoms with E-state index in [4.69, 9.17) is 4.74 Å². The molecule has 0 spiro atoms. The van der Waals surface area contributed by atoms with Gasteiger partial charge in [-0.25, -0.2) is 0 Å². The van der Waals surface area contributed by atoms with Crippen molar-refractivity contribution >= 4 is 15.9 Å². The van der Waals surface area contributed by atoms with E-state index in [1.807, 2.05) is 0 Å². The second-order valence-electron chi connectivity index (χ2n) is 3.73. The molecule has 0 amide bonds. The van der Waals surface area contributed by atoms with Gasteiger partial charge in [-0.1, -0.05) is 35.7 Å². The van der Waals surface area contributed by atoms with Crippen molar-refractivity contribution in [1.82, 2.24) is 0 Å². The summed E-state index contributed by atoms with van der Waals surface area (Å²) in [5.41, 5.74) is 0.189. The second kappa shape index (κ2) is 5.23. The molecule has 1 atom stereocenters. The van der Waals surface area contributed by atoms with Crippen molar-refractivity contribution in [2.75, 3.05) is 11.9 Å². The molecule has 1 saturated heterocycles. The van der Waals surface area contributed by atoms with Gasteiger partial charge in [0.15, 0.2) is 0 Å². The fourth-order valence-corrected chi connectivity index (χ4v) is 2.50. The van der Waals surface area contributed by atoms with E-state index >= 15 is 0 Å². The summed E-state index contributed by atoms with van der Waals surface area (Å²) in [6.45, 7) is 3.21. The molecule has 1 nitrogen and oxygen atoms in total. The summed E-state index contributed by atoms with van der Waals surface area (Å²) in [7, 11) is 0. The molecular weight excluding hydrogens is 216 g/mol. The molecule has 0 aromatic heterocycles. The fraction of sp³-hybridized carbons (Fsp3) is 1.00. The average molecular weight is 235 g/mol. The van der Waals surface area contributed by atoms with Crippen LogP contribution in [0.4, 0.5) is 0 Å². The number of alkyl halides is 1. The van der Waals surface area contributed by atoms with Gasteiger partial charge in [-0.15, -0.1) is 0 Å². The Morgan fingerprint density at radius 2 is 2.25 bits per heavy atom. The van der Waals surface area contributed by atoms with Gasteiger partial charge in [0.05, 0.1) is 5.60 Å². The molecule has 12 heavy (non-hydrogen) atoms. The number of unbranched alkanes of at least 4 members (excludes halogenated alkanes) is 1. The first-order valence-corrected chi connectivity index (χ1v) is 6.15. The Hall–Kier alpha value is 0.440. The highest BCUT2D eigenvalue weighted by Crippen LogP contribution is 2.31. The van der Waals surface area contributed by atoms with Crippen LogP contribution < -0.4 is 0 Å². The quantitative estimate of drug-likeness (QED) is 0.677. The Balaban J connectivity index is 2.37. The van der Waals surface area contributed by atoms with Crippen LogP contribution in [0, 0.1) is 0 Å². The van der Waals surface area contributed by atoms with E-state index in [0.717, 1.165) is 11.9 Å². The average Bonchev–Trinajstić information content (AvgIpc) is 2.16. The lowest BCUT2D eigenvalue weighted by Crippen LogP contribution is -2.37. The third-order valence-corrected chi connectivity index (χ3v) is 3.69. The van der Waals surface area contributed by atoms with E-state index in [9.17, 15) is 0 Å². The predicted octanol–water partition coefficient (Wildman–Crippen LogP) is 3.51. The summed E-state index contributed by atoms with van der Waals surface area (Å²) in [4.78, 5) is 0. The van der Waals surface area contributed by atoms with Gasteiger partial charge in [0, 0.05) is 11.9 Å². The molecule has 2 heteroatoms. The summed E-state index contributed by atoms with van der Waals surface area (Å²) in [5, 5.41) is 1.01. The standard InChI is InChI=1S/C10H19BrO/c1-2-3-6-10(9-11)7-4-5-8-12-10/h2-9H2,1H3. The van der Waals surface area contributed by atoms with Crippen LogP contribution >= 0.6 is 15.9 Å². The third kappa shape index (κ3) is 2.74. The molecule has 1 aliphatic rings.